The van der Waals surface area contributed by atoms with Crippen LogP contribution in [0.4, 0.5) is 17.2 Å². The van der Waals surface area contributed by atoms with E-state index < -0.39 is 0 Å². The number of fused-ring (bicyclic) bond motifs is 1. The zero-order valence-electron chi connectivity index (χ0n) is 17.2. The van der Waals surface area contributed by atoms with Crippen LogP contribution in [0.3, 0.4) is 0 Å². The van der Waals surface area contributed by atoms with Crippen LogP contribution in [0.15, 0.2) is 65.8 Å². The topological polar surface area (TPSA) is 74.7 Å². The Morgan fingerprint density at radius 2 is 1.94 bits per heavy atom. The van der Waals surface area contributed by atoms with Crippen LogP contribution in [0.2, 0.25) is 5.02 Å². The number of rotatable bonds is 4. The number of nitrogens with zero attached hydrogens (tertiary/aromatic N) is 3. The summed E-state index contributed by atoms with van der Waals surface area (Å²) in [7, 11) is 0. The van der Waals surface area contributed by atoms with Crippen LogP contribution in [0.25, 0.3) is 0 Å². The van der Waals surface area contributed by atoms with Crippen LogP contribution < -0.4 is 10.2 Å². The van der Waals surface area contributed by atoms with E-state index in [4.69, 9.17) is 11.6 Å². The maximum Gasteiger partial charge on any atom is 0.244 e. The van der Waals surface area contributed by atoms with E-state index in [0.717, 1.165) is 22.4 Å². The van der Waals surface area contributed by atoms with Crippen molar-refractivity contribution in [1.82, 2.24) is 4.98 Å². The van der Waals surface area contributed by atoms with E-state index in [2.05, 4.69) is 15.3 Å². The molecule has 3 aromatic rings. The third-order valence-corrected chi connectivity index (χ3v) is 5.47. The molecule has 7 heteroatoms. The van der Waals surface area contributed by atoms with Crippen molar-refractivity contribution >= 4 is 46.3 Å². The molecule has 1 aliphatic heterocycles. The number of aromatic nitrogens is 1. The standard InChI is InChI=1S/C24H21ClN4O2/c1-15-6-3-9-19(16(15)2)28-22(30)14-29-23(31)13-21(17-7-4-8-18(25)12-17)27-20-10-5-11-26-24(20)29/h3-12H,13-14H2,1-2H3,(H,28,30). The number of hydrogen-bond acceptors (Lipinski definition) is 4. The van der Waals surface area contributed by atoms with Crippen molar-refractivity contribution in [3.05, 3.63) is 82.5 Å². The van der Waals surface area contributed by atoms with Gasteiger partial charge in [0.1, 0.15) is 12.2 Å². The summed E-state index contributed by atoms with van der Waals surface area (Å²) in [6.07, 6.45) is 1.62. The van der Waals surface area contributed by atoms with Crippen LogP contribution in [-0.2, 0) is 9.59 Å². The number of aliphatic imine (C=N–C) groups is 1. The molecule has 0 saturated heterocycles. The van der Waals surface area contributed by atoms with Gasteiger partial charge in [0.05, 0.1) is 12.1 Å². The van der Waals surface area contributed by atoms with Gasteiger partial charge >= 0.3 is 0 Å². The molecule has 2 heterocycles. The molecule has 6 nitrogen and oxygen atoms in total. The molecule has 0 atom stereocenters. The predicted molar refractivity (Wildman–Crippen MR) is 123 cm³/mol. The Balaban J connectivity index is 1.62. The van der Waals surface area contributed by atoms with E-state index in [9.17, 15) is 9.59 Å². The third kappa shape index (κ3) is 4.49. The highest BCUT2D eigenvalue weighted by atomic mass is 35.5. The summed E-state index contributed by atoms with van der Waals surface area (Å²) in [5.74, 6) is -0.196. The second kappa shape index (κ2) is 8.70. The number of carbonyl (C=O) groups is 2. The summed E-state index contributed by atoms with van der Waals surface area (Å²) in [5.41, 5.74) is 4.67. The molecule has 2 aromatic carbocycles. The van der Waals surface area contributed by atoms with E-state index in [1.54, 1.807) is 30.5 Å². The van der Waals surface area contributed by atoms with Gasteiger partial charge in [-0.2, -0.15) is 0 Å². The van der Waals surface area contributed by atoms with E-state index in [0.29, 0.717) is 22.2 Å². The monoisotopic (exact) mass is 432 g/mol. The molecule has 0 radical (unpaired) electrons. The number of hydrogen-bond donors (Lipinski definition) is 1. The fraction of sp³-hybridized carbons (Fsp3) is 0.167. The first-order chi connectivity index (χ1) is 14.9. The van der Waals surface area contributed by atoms with Gasteiger partial charge < -0.3 is 5.32 Å². The van der Waals surface area contributed by atoms with Gasteiger partial charge in [-0.1, -0.05) is 35.9 Å². The number of benzene rings is 2. The molecule has 0 unspecified atom stereocenters. The fourth-order valence-electron chi connectivity index (χ4n) is 3.44. The number of carbonyl (C=O) groups excluding carboxylic acids is 2. The van der Waals surface area contributed by atoms with Crippen LogP contribution in [0.1, 0.15) is 23.1 Å². The minimum absolute atomic E-state index is 0.0352. The maximum atomic E-state index is 13.1. The molecule has 1 N–H and O–H groups in total. The van der Waals surface area contributed by atoms with Gasteiger partial charge in [0.2, 0.25) is 11.8 Å². The lowest BCUT2D eigenvalue weighted by Gasteiger charge is -2.21. The lowest BCUT2D eigenvalue weighted by Crippen LogP contribution is -2.39. The van der Waals surface area contributed by atoms with Crippen molar-refractivity contribution in [3.63, 3.8) is 0 Å². The molecule has 4 rings (SSSR count). The van der Waals surface area contributed by atoms with Gasteiger partial charge in [0, 0.05) is 16.9 Å². The van der Waals surface area contributed by atoms with Gasteiger partial charge in [0.25, 0.3) is 0 Å². The lowest BCUT2D eigenvalue weighted by molar-refractivity contribution is -0.120. The smallest absolute Gasteiger partial charge is 0.244 e. The van der Waals surface area contributed by atoms with Crippen molar-refractivity contribution in [2.24, 2.45) is 4.99 Å². The Morgan fingerprint density at radius 3 is 2.74 bits per heavy atom. The number of amides is 2. The van der Waals surface area contributed by atoms with Gasteiger partial charge in [-0.15, -0.1) is 0 Å². The molecular formula is C24H21ClN4O2. The number of pyridine rings is 1. The van der Waals surface area contributed by atoms with Gasteiger partial charge in [0.15, 0.2) is 5.82 Å². The molecule has 0 saturated carbocycles. The molecule has 31 heavy (non-hydrogen) atoms. The maximum absolute atomic E-state index is 13.1. The van der Waals surface area contributed by atoms with Gasteiger partial charge in [-0.3, -0.25) is 14.5 Å². The highest BCUT2D eigenvalue weighted by Crippen LogP contribution is 2.31. The SMILES string of the molecule is Cc1cccc(NC(=O)CN2C(=O)CC(c3cccc(Cl)c3)=Nc3cccnc32)c1C. The third-order valence-electron chi connectivity index (χ3n) is 5.24. The van der Waals surface area contributed by atoms with Crippen molar-refractivity contribution in [2.45, 2.75) is 20.3 Å². The highest BCUT2D eigenvalue weighted by Gasteiger charge is 2.28. The summed E-state index contributed by atoms with van der Waals surface area (Å²) >= 11 is 6.12. The van der Waals surface area contributed by atoms with Crippen LogP contribution >= 0.6 is 11.6 Å². The first kappa shape index (κ1) is 20.8. The zero-order chi connectivity index (χ0) is 22.0. The number of halogens is 1. The number of nitrogens with one attached hydrogen (secondary N) is 1. The summed E-state index contributed by atoms with van der Waals surface area (Å²) < 4.78 is 0. The van der Waals surface area contributed by atoms with Crippen molar-refractivity contribution in [3.8, 4) is 0 Å². The van der Waals surface area contributed by atoms with Gasteiger partial charge in [-0.25, -0.2) is 9.98 Å². The summed E-state index contributed by atoms with van der Waals surface area (Å²) in [5, 5.41) is 3.47. The number of anilines is 2. The first-order valence-electron chi connectivity index (χ1n) is 9.87. The Morgan fingerprint density at radius 1 is 1.13 bits per heavy atom. The first-order valence-corrected chi connectivity index (χ1v) is 10.2. The molecule has 0 fully saturated rings. The van der Waals surface area contributed by atoms with E-state index in [-0.39, 0.29) is 24.8 Å². The summed E-state index contributed by atoms with van der Waals surface area (Å²) in [6.45, 7) is 3.77. The summed E-state index contributed by atoms with van der Waals surface area (Å²) in [4.78, 5) is 36.4. The van der Waals surface area contributed by atoms with Crippen LogP contribution in [0.5, 0.6) is 0 Å². The minimum Gasteiger partial charge on any atom is -0.324 e. The largest absolute Gasteiger partial charge is 0.324 e. The quantitative estimate of drug-likeness (QED) is 0.640. The molecule has 0 spiro atoms. The van der Waals surface area contributed by atoms with Gasteiger partial charge in [-0.05, 0) is 60.9 Å². The minimum atomic E-state index is -0.301. The van der Waals surface area contributed by atoms with Crippen LogP contribution in [-0.4, -0.2) is 29.1 Å². The van der Waals surface area contributed by atoms with E-state index >= 15 is 0 Å². The highest BCUT2D eigenvalue weighted by molar-refractivity contribution is 6.31. The second-order valence-electron chi connectivity index (χ2n) is 7.37. The van der Waals surface area contributed by atoms with Crippen molar-refractivity contribution in [2.75, 3.05) is 16.8 Å². The molecule has 0 aliphatic carbocycles. The van der Waals surface area contributed by atoms with E-state index in [1.165, 1.54) is 4.90 Å². The average molecular weight is 433 g/mol. The fourth-order valence-corrected chi connectivity index (χ4v) is 3.63. The average Bonchev–Trinajstić information content (AvgIpc) is 2.88. The van der Waals surface area contributed by atoms with Crippen LogP contribution in [0, 0.1) is 13.8 Å². The van der Waals surface area contributed by atoms with E-state index in [1.807, 2.05) is 44.2 Å². The Kier molecular flexibility index (Phi) is 5.82. The molecule has 1 aromatic heterocycles. The summed E-state index contributed by atoms with van der Waals surface area (Å²) in [6, 6.07) is 16.5. The van der Waals surface area contributed by atoms with Crippen molar-refractivity contribution in [1.29, 1.82) is 0 Å². The lowest BCUT2D eigenvalue weighted by atomic mass is 10.1. The second-order valence-corrected chi connectivity index (χ2v) is 7.80. The molecule has 2 amide bonds. The molecular weight excluding hydrogens is 412 g/mol. The predicted octanol–water partition coefficient (Wildman–Crippen LogP) is 4.85. The molecule has 156 valence electrons. The number of aryl methyl sites for hydroxylation is 1. The molecule has 0 bridgehead atoms. The van der Waals surface area contributed by atoms with Crippen molar-refractivity contribution < 1.29 is 9.59 Å². The Bertz CT molecular complexity index is 1210. The molecule has 1 aliphatic rings. The Hall–Kier alpha value is -3.51. The zero-order valence-corrected chi connectivity index (χ0v) is 18.0. The Labute approximate surface area is 185 Å². The normalized spacial score (nSPS) is 13.3.